The van der Waals surface area contributed by atoms with Crippen LogP contribution in [-0.2, 0) is 16.2 Å². The number of nitrogens with zero attached hydrogens (tertiary/aromatic N) is 1. The number of carbonyl (C=O) groups excluding carboxylic acids is 3. The van der Waals surface area contributed by atoms with Crippen LogP contribution in [0.25, 0.3) is 6.08 Å². The van der Waals surface area contributed by atoms with E-state index in [1.807, 2.05) is 50.2 Å². The maximum absolute atomic E-state index is 13.3. The summed E-state index contributed by atoms with van der Waals surface area (Å²) in [7, 11) is 1.51. The van der Waals surface area contributed by atoms with Crippen LogP contribution in [0.3, 0.4) is 0 Å². The summed E-state index contributed by atoms with van der Waals surface area (Å²) in [5.41, 5.74) is 3.51. The molecule has 1 aliphatic rings. The van der Waals surface area contributed by atoms with E-state index >= 15 is 0 Å². The molecule has 1 N–H and O–H groups in total. The molecule has 3 aromatic rings. The molecule has 35 heavy (non-hydrogen) atoms. The zero-order valence-electron chi connectivity index (χ0n) is 19.4. The van der Waals surface area contributed by atoms with Crippen LogP contribution >= 0.6 is 15.9 Å². The third-order valence-corrected chi connectivity index (χ3v) is 6.07. The average molecular weight is 535 g/mol. The van der Waals surface area contributed by atoms with Gasteiger partial charge in [-0.1, -0.05) is 52.3 Å². The van der Waals surface area contributed by atoms with Crippen LogP contribution in [0.4, 0.5) is 10.5 Å². The predicted octanol–water partition coefficient (Wildman–Crippen LogP) is 5.32. The van der Waals surface area contributed by atoms with Crippen molar-refractivity contribution in [2.45, 2.75) is 20.5 Å². The monoisotopic (exact) mass is 534 g/mol. The summed E-state index contributed by atoms with van der Waals surface area (Å²) in [6.45, 7) is 4.09. The quantitative estimate of drug-likeness (QED) is 0.341. The topological polar surface area (TPSA) is 84.9 Å². The molecule has 0 saturated carbocycles. The number of benzene rings is 3. The largest absolute Gasteiger partial charge is 0.493 e. The molecule has 4 rings (SSSR count). The van der Waals surface area contributed by atoms with Gasteiger partial charge < -0.3 is 9.47 Å². The Morgan fingerprint density at radius 1 is 0.943 bits per heavy atom. The lowest BCUT2D eigenvalue weighted by atomic mass is 10.0. The van der Waals surface area contributed by atoms with Crippen LogP contribution in [0.5, 0.6) is 11.5 Å². The molecule has 0 bridgehead atoms. The molecule has 0 aromatic heterocycles. The lowest BCUT2D eigenvalue weighted by Crippen LogP contribution is -2.54. The van der Waals surface area contributed by atoms with Crippen LogP contribution in [0, 0.1) is 13.8 Å². The van der Waals surface area contributed by atoms with E-state index in [0.717, 1.165) is 21.6 Å². The van der Waals surface area contributed by atoms with Crippen molar-refractivity contribution in [1.29, 1.82) is 0 Å². The van der Waals surface area contributed by atoms with Gasteiger partial charge in [0, 0.05) is 4.47 Å². The molecule has 1 aliphatic heterocycles. The van der Waals surface area contributed by atoms with E-state index < -0.39 is 17.8 Å². The molecule has 178 valence electrons. The number of anilines is 1. The number of hydrogen-bond donors (Lipinski definition) is 1. The first-order valence-corrected chi connectivity index (χ1v) is 11.6. The lowest BCUT2D eigenvalue weighted by molar-refractivity contribution is -0.122. The highest BCUT2D eigenvalue weighted by Gasteiger charge is 2.37. The van der Waals surface area contributed by atoms with E-state index in [9.17, 15) is 14.4 Å². The number of imide groups is 2. The maximum atomic E-state index is 13.3. The van der Waals surface area contributed by atoms with Crippen molar-refractivity contribution in [3.05, 3.63) is 93.0 Å². The second-order valence-corrected chi connectivity index (χ2v) is 8.96. The summed E-state index contributed by atoms with van der Waals surface area (Å²) in [4.78, 5) is 39.4. The van der Waals surface area contributed by atoms with Gasteiger partial charge in [0.1, 0.15) is 12.2 Å². The lowest BCUT2D eigenvalue weighted by Gasteiger charge is -2.27. The van der Waals surface area contributed by atoms with Crippen LogP contribution < -0.4 is 19.7 Å². The van der Waals surface area contributed by atoms with Crippen molar-refractivity contribution < 1.29 is 23.9 Å². The molecular formula is C27H23BrN2O5. The zero-order chi connectivity index (χ0) is 25.1. The number of rotatable bonds is 6. The Bertz CT molecular complexity index is 1330. The minimum Gasteiger partial charge on any atom is -0.493 e. The molecule has 8 heteroatoms. The number of methoxy groups -OCH3 is 1. The van der Waals surface area contributed by atoms with Gasteiger partial charge in [0.25, 0.3) is 11.8 Å². The predicted molar refractivity (Wildman–Crippen MR) is 136 cm³/mol. The molecule has 1 fully saturated rings. The Morgan fingerprint density at radius 3 is 2.29 bits per heavy atom. The van der Waals surface area contributed by atoms with Crippen LogP contribution in [-0.4, -0.2) is 25.0 Å². The molecular weight excluding hydrogens is 512 g/mol. The Labute approximate surface area is 211 Å². The van der Waals surface area contributed by atoms with Crippen LogP contribution in [0.15, 0.2) is 70.7 Å². The van der Waals surface area contributed by atoms with Gasteiger partial charge in [0.2, 0.25) is 0 Å². The van der Waals surface area contributed by atoms with Gasteiger partial charge in [-0.3, -0.25) is 14.9 Å². The van der Waals surface area contributed by atoms with Crippen molar-refractivity contribution in [2.75, 3.05) is 12.0 Å². The molecule has 1 heterocycles. The minimum absolute atomic E-state index is 0.176. The molecule has 0 unspecified atom stereocenters. The number of aryl methyl sites for hydroxylation is 2. The van der Waals surface area contributed by atoms with Gasteiger partial charge in [0.15, 0.2) is 11.5 Å². The first kappa shape index (κ1) is 24.2. The Morgan fingerprint density at radius 2 is 1.63 bits per heavy atom. The van der Waals surface area contributed by atoms with E-state index in [1.165, 1.54) is 13.2 Å². The third kappa shape index (κ3) is 5.27. The van der Waals surface area contributed by atoms with Crippen molar-refractivity contribution in [3.8, 4) is 11.5 Å². The summed E-state index contributed by atoms with van der Waals surface area (Å²) < 4.78 is 12.0. The second-order valence-electron chi connectivity index (χ2n) is 8.10. The van der Waals surface area contributed by atoms with Gasteiger partial charge in [0.05, 0.1) is 12.8 Å². The van der Waals surface area contributed by atoms with Crippen molar-refractivity contribution in [2.24, 2.45) is 0 Å². The van der Waals surface area contributed by atoms with E-state index in [1.54, 1.807) is 24.3 Å². The van der Waals surface area contributed by atoms with Gasteiger partial charge in [-0.15, -0.1) is 0 Å². The van der Waals surface area contributed by atoms with Gasteiger partial charge in [-0.2, -0.15) is 0 Å². The molecule has 0 spiro atoms. The van der Waals surface area contributed by atoms with E-state index in [4.69, 9.17) is 9.47 Å². The fraction of sp³-hybridized carbons (Fsp3) is 0.148. The third-order valence-electron chi connectivity index (χ3n) is 5.39. The molecule has 1 saturated heterocycles. The molecule has 7 nitrogen and oxygen atoms in total. The standard InChI is InChI=1S/C27H23BrN2O5/c1-16-9-17(2)11-20(10-16)30-26(32)21(25(31)29-27(30)33)12-19-13-23(34-3)24(14-22(19)28)35-15-18-7-5-4-6-8-18/h4-14H,15H2,1-3H3,(H,29,31,33)/b21-12+. The Kier molecular flexibility index (Phi) is 7.02. The summed E-state index contributed by atoms with van der Waals surface area (Å²) in [5, 5.41) is 2.25. The Hall–Kier alpha value is -3.91. The number of carbonyl (C=O) groups is 3. The van der Waals surface area contributed by atoms with E-state index in [0.29, 0.717) is 33.8 Å². The highest BCUT2D eigenvalue weighted by molar-refractivity contribution is 9.10. The van der Waals surface area contributed by atoms with Gasteiger partial charge in [-0.05, 0) is 66.4 Å². The minimum atomic E-state index is -0.788. The maximum Gasteiger partial charge on any atom is 0.335 e. The van der Waals surface area contributed by atoms with E-state index in [-0.39, 0.29) is 5.57 Å². The number of amides is 4. The van der Waals surface area contributed by atoms with Crippen molar-refractivity contribution >= 4 is 45.5 Å². The second kappa shape index (κ2) is 10.1. The highest BCUT2D eigenvalue weighted by Crippen LogP contribution is 2.36. The first-order chi connectivity index (χ1) is 16.8. The van der Waals surface area contributed by atoms with Crippen LogP contribution in [0.1, 0.15) is 22.3 Å². The smallest absolute Gasteiger partial charge is 0.335 e. The number of nitrogens with one attached hydrogen (secondary N) is 1. The summed E-state index contributed by atoms with van der Waals surface area (Å²) in [6, 6.07) is 17.7. The molecule has 4 amide bonds. The summed E-state index contributed by atoms with van der Waals surface area (Å²) >= 11 is 3.49. The Balaban J connectivity index is 1.67. The zero-order valence-corrected chi connectivity index (χ0v) is 21.0. The molecule has 0 radical (unpaired) electrons. The first-order valence-electron chi connectivity index (χ1n) is 10.8. The van der Waals surface area contributed by atoms with E-state index in [2.05, 4.69) is 21.2 Å². The normalized spacial score (nSPS) is 14.8. The van der Waals surface area contributed by atoms with Crippen LogP contribution in [0.2, 0.25) is 0 Å². The summed E-state index contributed by atoms with van der Waals surface area (Å²) in [5.74, 6) is -0.548. The van der Waals surface area contributed by atoms with Gasteiger partial charge in [-0.25, -0.2) is 9.69 Å². The molecule has 3 aromatic carbocycles. The number of halogens is 1. The number of ether oxygens (including phenoxy) is 2. The van der Waals surface area contributed by atoms with Gasteiger partial charge >= 0.3 is 6.03 Å². The molecule has 0 aliphatic carbocycles. The summed E-state index contributed by atoms with van der Waals surface area (Å²) in [6.07, 6.45) is 1.42. The van der Waals surface area contributed by atoms with Crippen molar-refractivity contribution in [3.63, 3.8) is 0 Å². The fourth-order valence-corrected chi connectivity index (χ4v) is 4.23. The van der Waals surface area contributed by atoms with Crippen molar-refractivity contribution in [1.82, 2.24) is 5.32 Å². The number of hydrogen-bond acceptors (Lipinski definition) is 5. The fourth-order valence-electron chi connectivity index (χ4n) is 3.80. The molecule has 0 atom stereocenters. The number of barbiturate groups is 1. The SMILES string of the molecule is COc1cc(/C=C2\C(=O)NC(=O)N(c3cc(C)cc(C)c3)C2=O)c(Br)cc1OCc1ccccc1. The highest BCUT2D eigenvalue weighted by atomic mass is 79.9. The number of urea groups is 1. The average Bonchev–Trinajstić information content (AvgIpc) is 2.81.